The third-order valence-electron chi connectivity index (χ3n) is 3.66. The molecular formula is C20H18N2O. The van der Waals surface area contributed by atoms with Gasteiger partial charge in [-0.25, -0.2) is 0 Å². The standard InChI is InChI=1S/C20H18N2O/c23-19(14-16-8-3-1-4-9-16)22-20(17-10-5-2-6-11-17)18-12-7-13-21-15-18/h1-13,15,20H,14H2,(H,22,23)/t20-/m0/s1. The number of carbonyl (C=O) groups excluding carboxylic acids is 1. The van der Waals surface area contributed by atoms with Crippen LogP contribution in [-0.4, -0.2) is 10.9 Å². The van der Waals surface area contributed by atoms with Gasteiger partial charge in [0.05, 0.1) is 12.5 Å². The van der Waals surface area contributed by atoms with Crippen LogP contribution >= 0.6 is 0 Å². The van der Waals surface area contributed by atoms with Crippen molar-refractivity contribution in [3.05, 3.63) is 102 Å². The monoisotopic (exact) mass is 302 g/mol. The second-order valence-electron chi connectivity index (χ2n) is 5.36. The Balaban J connectivity index is 1.81. The maximum absolute atomic E-state index is 12.4. The number of hydrogen-bond donors (Lipinski definition) is 1. The molecule has 0 saturated carbocycles. The lowest BCUT2D eigenvalue weighted by molar-refractivity contribution is -0.120. The van der Waals surface area contributed by atoms with Crippen molar-refractivity contribution in [1.82, 2.24) is 10.3 Å². The molecule has 0 aliphatic carbocycles. The Kier molecular flexibility index (Phi) is 4.79. The minimum atomic E-state index is -0.193. The number of rotatable bonds is 5. The van der Waals surface area contributed by atoms with Crippen molar-refractivity contribution in [2.24, 2.45) is 0 Å². The summed E-state index contributed by atoms with van der Waals surface area (Å²) in [5, 5.41) is 3.12. The van der Waals surface area contributed by atoms with E-state index in [1.165, 1.54) is 0 Å². The second kappa shape index (κ2) is 7.36. The average molecular weight is 302 g/mol. The molecule has 1 N–H and O–H groups in total. The number of hydrogen-bond acceptors (Lipinski definition) is 2. The summed E-state index contributed by atoms with van der Waals surface area (Å²) in [6.45, 7) is 0. The number of amides is 1. The lowest BCUT2D eigenvalue weighted by atomic mass is 10.00. The van der Waals surface area contributed by atoms with Crippen LogP contribution in [0.25, 0.3) is 0 Å². The van der Waals surface area contributed by atoms with E-state index in [1.807, 2.05) is 72.8 Å². The molecule has 0 fully saturated rings. The molecule has 3 rings (SSSR count). The van der Waals surface area contributed by atoms with E-state index in [-0.39, 0.29) is 11.9 Å². The fourth-order valence-electron chi connectivity index (χ4n) is 2.54. The number of nitrogens with one attached hydrogen (secondary N) is 1. The summed E-state index contributed by atoms with van der Waals surface area (Å²) in [4.78, 5) is 16.6. The van der Waals surface area contributed by atoms with Crippen molar-refractivity contribution in [2.45, 2.75) is 12.5 Å². The van der Waals surface area contributed by atoms with Crippen molar-refractivity contribution in [3.63, 3.8) is 0 Å². The fourth-order valence-corrected chi connectivity index (χ4v) is 2.54. The van der Waals surface area contributed by atoms with Crippen LogP contribution < -0.4 is 5.32 Å². The van der Waals surface area contributed by atoms with Crippen molar-refractivity contribution < 1.29 is 4.79 Å². The van der Waals surface area contributed by atoms with Gasteiger partial charge >= 0.3 is 0 Å². The van der Waals surface area contributed by atoms with Gasteiger partial charge in [0.2, 0.25) is 5.91 Å². The molecule has 1 amide bonds. The van der Waals surface area contributed by atoms with Crippen LogP contribution in [0.3, 0.4) is 0 Å². The van der Waals surface area contributed by atoms with Crippen molar-refractivity contribution in [3.8, 4) is 0 Å². The maximum Gasteiger partial charge on any atom is 0.225 e. The Morgan fingerprint density at radius 2 is 1.52 bits per heavy atom. The van der Waals surface area contributed by atoms with E-state index >= 15 is 0 Å². The third-order valence-corrected chi connectivity index (χ3v) is 3.66. The Labute approximate surface area is 136 Å². The molecule has 3 aromatic rings. The van der Waals surface area contributed by atoms with Crippen molar-refractivity contribution >= 4 is 5.91 Å². The summed E-state index contributed by atoms with van der Waals surface area (Å²) >= 11 is 0. The molecule has 0 aliphatic heterocycles. The molecule has 114 valence electrons. The molecule has 1 atom stereocenters. The highest BCUT2D eigenvalue weighted by Gasteiger charge is 2.16. The Morgan fingerprint density at radius 3 is 2.17 bits per heavy atom. The van der Waals surface area contributed by atoms with E-state index in [2.05, 4.69) is 10.3 Å². The molecular weight excluding hydrogens is 284 g/mol. The Hall–Kier alpha value is -2.94. The van der Waals surface area contributed by atoms with Crippen LogP contribution in [0.15, 0.2) is 85.2 Å². The Morgan fingerprint density at radius 1 is 0.870 bits per heavy atom. The largest absolute Gasteiger partial charge is 0.345 e. The van der Waals surface area contributed by atoms with E-state index in [0.717, 1.165) is 16.7 Å². The summed E-state index contributed by atoms with van der Waals surface area (Å²) in [6, 6.07) is 23.4. The smallest absolute Gasteiger partial charge is 0.225 e. The van der Waals surface area contributed by atoms with E-state index in [0.29, 0.717) is 6.42 Å². The molecule has 0 aliphatic rings. The van der Waals surface area contributed by atoms with Crippen LogP contribution in [0.1, 0.15) is 22.7 Å². The minimum Gasteiger partial charge on any atom is -0.345 e. The molecule has 23 heavy (non-hydrogen) atoms. The van der Waals surface area contributed by atoms with Gasteiger partial charge in [0.15, 0.2) is 0 Å². The van der Waals surface area contributed by atoms with Crippen LogP contribution in [0.2, 0.25) is 0 Å². The SMILES string of the molecule is O=C(Cc1ccccc1)N[C@@H](c1ccccc1)c1cccnc1. The lowest BCUT2D eigenvalue weighted by Crippen LogP contribution is -2.30. The average Bonchev–Trinajstić information content (AvgIpc) is 2.62. The summed E-state index contributed by atoms with van der Waals surface area (Å²) < 4.78 is 0. The molecule has 0 saturated heterocycles. The van der Waals surface area contributed by atoms with Crippen molar-refractivity contribution in [2.75, 3.05) is 0 Å². The molecule has 0 unspecified atom stereocenters. The number of aromatic nitrogens is 1. The maximum atomic E-state index is 12.4. The first-order valence-electron chi connectivity index (χ1n) is 7.61. The zero-order valence-electron chi connectivity index (χ0n) is 12.7. The number of pyridine rings is 1. The van der Waals surface area contributed by atoms with E-state index in [4.69, 9.17) is 0 Å². The van der Waals surface area contributed by atoms with Gasteiger partial charge in [-0.3, -0.25) is 9.78 Å². The topological polar surface area (TPSA) is 42.0 Å². The first kappa shape index (κ1) is 15.0. The highest BCUT2D eigenvalue weighted by molar-refractivity contribution is 5.79. The van der Waals surface area contributed by atoms with E-state index in [9.17, 15) is 4.79 Å². The predicted molar refractivity (Wildman–Crippen MR) is 90.8 cm³/mol. The van der Waals surface area contributed by atoms with E-state index < -0.39 is 0 Å². The third kappa shape index (κ3) is 4.04. The molecule has 0 radical (unpaired) electrons. The van der Waals surface area contributed by atoms with Gasteiger partial charge in [-0.15, -0.1) is 0 Å². The summed E-state index contributed by atoms with van der Waals surface area (Å²) in [7, 11) is 0. The first-order chi connectivity index (χ1) is 11.3. The predicted octanol–water partition coefficient (Wildman–Crippen LogP) is 3.53. The number of carbonyl (C=O) groups is 1. The van der Waals surface area contributed by atoms with Crippen LogP contribution in [0.5, 0.6) is 0 Å². The highest BCUT2D eigenvalue weighted by atomic mass is 16.1. The van der Waals surface area contributed by atoms with Gasteiger partial charge in [-0.05, 0) is 22.8 Å². The molecule has 1 heterocycles. The van der Waals surface area contributed by atoms with Crippen LogP contribution in [0.4, 0.5) is 0 Å². The normalized spacial score (nSPS) is 11.7. The molecule has 0 bridgehead atoms. The quantitative estimate of drug-likeness (QED) is 0.783. The van der Waals surface area contributed by atoms with Gasteiger partial charge in [0, 0.05) is 12.4 Å². The second-order valence-corrected chi connectivity index (χ2v) is 5.36. The minimum absolute atomic E-state index is 0.00564. The summed E-state index contributed by atoms with van der Waals surface area (Å²) in [6.07, 6.45) is 3.89. The Bertz CT molecular complexity index is 703. The molecule has 1 aromatic heterocycles. The summed E-state index contributed by atoms with van der Waals surface area (Å²) in [5.41, 5.74) is 3.02. The van der Waals surface area contributed by atoms with Gasteiger partial charge in [0.25, 0.3) is 0 Å². The lowest BCUT2D eigenvalue weighted by Gasteiger charge is -2.19. The van der Waals surface area contributed by atoms with Gasteiger partial charge < -0.3 is 5.32 Å². The van der Waals surface area contributed by atoms with Gasteiger partial charge in [-0.1, -0.05) is 66.7 Å². The number of nitrogens with zero attached hydrogens (tertiary/aromatic N) is 1. The number of benzene rings is 2. The zero-order valence-corrected chi connectivity index (χ0v) is 12.7. The highest BCUT2D eigenvalue weighted by Crippen LogP contribution is 2.21. The van der Waals surface area contributed by atoms with Crippen LogP contribution in [0, 0.1) is 0 Å². The molecule has 3 heteroatoms. The van der Waals surface area contributed by atoms with Crippen LogP contribution in [-0.2, 0) is 11.2 Å². The molecule has 0 spiro atoms. The molecule has 3 nitrogen and oxygen atoms in total. The summed E-state index contributed by atoms with van der Waals surface area (Å²) in [5.74, 6) is -0.00564. The zero-order chi connectivity index (χ0) is 15.9. The fraction of sp³-hybridized carbons (Fsp3) is 0.100. The van der Waals surface area contributed by atoms with E-state index in [1.54, 1.807) is 12.4 Å². The first-order valence-corrected chi connectivity index (χ1v) is 7.61. The van der Waals surface area contributed by atoms with Gasteiger partial charge in [0.1, 0.15) is 0 Å². The van der Waals surface area contributed by atoms with Crippen molar-refractivity contribution in [1.29, 1.82) is 0 Å². The van der Waals surface area contributed by atoms with Gasteiger partial charge in [-0.2, -0.15) is 0 Å². The molecule has 2 aromatic carbocycles.